The van der Waals surface area contributed by atoms with E-state index >= 15 is 0 Å². The number of nitrogens with one attached hydrogen (secondary N) is 2. The summed E-state index contributed by atoms with van der Waals surface area (Å²) in [4.78, 5) is 0. The maximum absolute atomic E-state index is 6.56. The fraction of sp³-hybridized carbons (Fsp3) is 0.0588. The molecule has 1 aliphatic rings. The number of hydrogen-bond donors (Lipinski definition) is 2. The molecule has 0 unspecified atom stereocenters. The molecule has 6 nitrogen and oxygen atoms in total. The van der Waals surface area contributed by atoms with Crippen molar-refractivity contribution in [2.24, 2.45) is 5.10 Å². The summed E-state index contributed by atoms with van der Waals surface area (Å²) >= 11 is 18.8. The first-order valence-corrected chi connectivity index (χ1v) is 8.86. The van der Waals surface area contributed by atoms with Gasteiger partial charge in [0.25, 0.3) is 0 Å². The quantitative estimate of drug-likeness (QED) is 0.686. The van der Waals surface area contributed by atoms with Crippen LogP contribution >= 0.6 is 34.8 Å². The van der Waals surface area contributed by atoms with Crippen molar-refractivity contribution in [1.82, 2.24) is 25.9 Å². The number of halogens is 3. The summed E-state index contributed by atoms with van der Waals surface area (Å²) in [6.45, 7) is 0.607. The lowest BCUT2D eigenvalue weighted by molar-refractivity contribution is 0.288. The molecule has 132 valence electrons. The van der Waals surface area contributed by atoms with E-state index in [2.05, 4.69) is 21.3 Å². The second kappa shape index (κ2) is 7.17. The average molecular weight is 408 g/mol. The number of aromatic nitrogens is 2. The summed E-state index contributed by atoms with van der Waals surface area (Å²) in [6, 6.07) is 15.2. The summed E-state index contributed by atoms with van der Waals surface area (Å²) in [6.07, 6.45) is 1.65. The van der Waals surface area contributed by atoms with Crippen molar-refractivity contribution in [2.75, 3.05) is 0 Å². The van der Waals surface area contributed by atoms with E-state index < -0.39 is 0 Å². The Morgan fingerprint density at radius 2 is 1.81 bits per heavy atom. The number of amidine groups is 1. The minimum atomic E-state index is 0.400. The molecule has 0 saturated heterocycles. The largest absolute Gasteiger partial charge is 0.266 e. The van der Waals surface area contributed by atoms with E-state index in [-0.39, 0.29) is 0 Å². The number of hydrazine groups is 2. The fourth-order valence-corrected chi connectivity index (χ4v) is 3.40. The van der Waals surface area contributed by atoms with E-state index in [1.165, 1.54) is 0 Å². The second-order valence-electron chi connectivity index (χ2n) is 5.59. The molecule has 1 aromatic heterocycles. The normalized spacial score (nSPS) is 13.7. The molecule has 2 aromatic carbocycles. The van der Waals surface area contributed by atoms with Crippen molar-refractivity contribution in [3.63, 3.8) is 0 Å². The first-order chi connectivity index (χ1) is 12.6. The van der Waals surface area contributed by atoms with Crippen LogP contribution in [-0.4, -0.2) is 20.6 Å². The van der Waals surface area contributed by atoms with Gasteiger partial charge in [0.15, 0.2) is 5.84 Å². The zero-order valence-corrected chi connectivity index (χ0v) is 15.6. The third-order valence-corrected chi connectivity index (χ3v) is 4.78. The molecule has 0 radical (unpaired) electrons. The summed E-state index contributed by atoms with van der Waals surface area (Å²) in [5.74, 6) is 0.634. The Kier molecular flexibility index (Phi) is 4.74. The Labute approximate surface area is 164 Å². The van der Waals surface area contributed by atoms with Crippen LogP contribution in [0.3, 0.4) is 0 Å². The zero-order valence-electron chi connectivity index (χ0n) is 13.3. The molecule has 4 rings (SSSR count). The Balaban J connectivity index is 1.65. The first kappa shape index (κ1) is 17.2. The molecular weight excluding hydrogens is 395 g/mol. The van der Waals surface area contributed by atoms with Crippen LogP contribution < -0.4 is 11.1 Å². The molecule has 0 bridgehead atoms. The Hall–Kier alpha value is -2.25. The zero-order chi connectivity index (χ0) is 18.1. The summed E-state index contributed by atoms with van der Waals surface area (Å²) in [5.41, 5.74) is 8.19. The highest BCUT2D eigenvalue weighted by atomic mass is 35.5. The second-order valence-corrected chi connectivity index (χ2v) is 6.79. The van der Waals surface area contributed by atoms with Crippen molar-refractivity contribution in [3.05, 3.63) is 81.1 Å². The van der Waals surface area contributed by atoms with E-state index in [1.807, 2.05) is 35.3 Å². The molecule has 26 heavy (non-hydrogen) atoms. The number of nitrogens with zero attached hydrogens (tertiary/aromatic N) is 4. The van der Waals surface area contributed by atoms with Gasteiger partial charge in [0.05, 0.1) is 29.0 Å². The highest BCUT2D eigenvalue weighted by molar-refractivity contribution is 6.36. The van der Waals surface area contributed by atoms with Gasteiger partial charge in [-0.05, 0) is 23.8 Å². The smallest absolute Gasteiger partial charge is 0.178 e. The monoisotopic (exact) mass is 406 g/mol. The molecule has 0 amide bonds. The van der Waals surface area contributed by atoms with Crippen molar-refractivity contribution in [1.29, 1.82) is 0 Å². The minimum Gasteiger partial charge on any atom is -0.266 e. The van der Waals surface area contributed by atoms with Crippen LogP contribution in [0.1, 0.15) is 11.1 Å². The van der Waals surface area contributed by atoms with Crippen LogP contribution in [0.15, 0.2) is 59.8 Å². The maximum Gasteiger partial charge on any atom is 0.178 e. The SMILES string of the molecule is Clc1ccc(-n2ncc(C3=NNNN3Cc3ccccc3)c2Cl)c(Cl)c1. The molecule has 9 heteroatoms. The third-order valence-electron chi connectivity index (χ3n) is 3.88. The average Bonchev–Trinajstić information content (AvgIpc) is 3.22. The topological polar surface area (TPSA) is 57.5 Å². The predicted octanol–water partition coefficient (Wildman–Crippen LogP) is 4.02. The van der Waals surface area contributed by atoms with Crippen molar-refractivity contribution >= 4 is 40.6 Å². The van der Waals surface area contributed by atoms with Gasteiger partial charge in [0.1, 0.15) is 5.15 Å². The van der Waals surface area contributed by atoms with Crippen molar-refractivity contribution < 1.29 is 0 Å². The summed E-state index contributed by atoms with van der Waals surface area (Å²) in [7, 11) is 0. The van der Waals surface area contributed by atoms with E-state index in [0.717, 1.165) is 5.56 Å². The molecule has 0 atom stereocenters. The number of rotatable bonds is 4. The van der Waals surface area contributed by atoms with Gasteiger partial charge in [-0.1, -0.05) is 65.1 Å². The van der Waals surface area contributed by atoms with Crippen molar-refractivity contribution in [3.8, 4) is 5.69 Å². The van der Waals surface area contributed by atoms with E-state index in [0.29, 0.717) is 38.8 Å². The Morgan fingerprint density at radius 1 is 1.00 bits per heavy atom. The highest BCUT2D eigenvalue weighted by Crippen LogP contribution is 2.29. The standard InChI is InChI=1S/C17H13Cl3N6/c18-12-6-7-15(14(19)8-12)26-16(20)13(9-21-26)17-22-23-24-25(17)10-11-4-2-1-3-5-11/h1-9,23-24H,10H2. The van der Waals surface area contributed by atoms with Crippen LogP contribution in [0.5, 0.6) is 0 Å². The van der Waals surface area contributed by atoms with Gasteiger partial charge in [-0.2, -0.15) is 5.10 Å². The molecule has 0 aliphatic carbocycles. The van der Waals surface area contributed by atoms with Gasteiger partial charge in [0, 0.05) is 5.02 Å². The maximum atomic E-state index is 6.56. The Bertz CT molecular complexity index is 970. The summed E-state index contributed by atoms with van der Waals surface area (Å²) < 4.78 is 1.55. The van der Waals surface area contributed by atoms with E-state index in [9.17, 15) is 0 Å². The van der Waals surface area contributed by atoms with Gasteiger partial charge in [0.2, 0.25) is 0 Å². The first-order valence-electron chi connectivity index (χ1n) is 7.72. The van der Waals surface area contributed by atoms with Crippen LogP contribution in [0.2, 0.25) is 15.2 Å². The van der Waals surface area contributed by atoms with Crippen LogP contribution in [0, 0.1) is 0 Å². The minimum absolute atomic E-state index is 0.400. The van der Waals surface area contributed by atoms with Gasteiger partial charge in [-0.25, -0.2) is 10.2 Å². The van der Waals surface area contributed by atoms with E-state index in [4.69, 9.17) is 34.8 Å². The van der Waals surface area contributed by atoms with Gasteiger partial charge in [-0.15, -0.1) is 10.6 Å². The predicted molar refractivity (Wildman–Crippen MR) is 103 cm³/mol. The lowest BCUT2D eigenvalue weighted by Gasteiger charge is -2.18. The van der Waals surface area contributed by atoms with Gasteiger partial charge in [-0.3, -0.25) is 5.01 Å². The number of hydrazone groups is 1. The van der Waals surface area contributed by atoms with E-state index in [1.54, 1.807) is 29.1 Å². The highest BCUT2D eigenvalue weighted by Gasteiger charge is 2.25. The molecule has 2 N–H and O–H groups in total. The van der Waals surface area contributed by atoms with Crippen LogP contribution in [0.4, 0.5) is 0 Å². The van der Waals surface area contributed by atoms with Gasteiger partial charge >= 0.3 is 0 Å². The van der Waals surface area contributed by atoms with Gasteiger partial charge < -0.3 is 0 Å². The molecule has 0 spiro atoms. The lowest BCUT2D eigenvalue weighted by Crippen LogP contribution is -2.40. The molecule has 0 fully saturated rings. The fourth-order valence-electron chi connectivity index (χ4n) is 2.64. The Morgan fingerprint density at radius 3 is 2.58 bits per heavy atom. The molecular formula is C17H13Cl3N6. The van der Waals surface area contributed by atoms with Crippen molar-refractivity contribution in [2.45, 2.75) is 6.54 Å². The van der Waals surface area contributed by atoms with Crippen LogP contribution in [-0.2, 0) is 6.54 Å². The summed E-state index contributed by atoms with van der Waals surface area (Å²) in [5, 5.41) is 11.9. The lowest BCUT2D eigenvalue weighted by atomic mass is 10.2. The molecule has 2 heterocycles. The number of benzene rings is 2. The third kappa shape index (κ3) is 3.24. The molecule has 1 aliphatic heterocycles. The number of hydrogen-bond acceptors (Lipinski definition) is 5. The van der Waals surface area contributed by atoms with Crippen LogP contribution in [0.25, 0.3) is 5.69 Å². The molecule has 0 saturated carbocycles. The molecule has 3 aromatic rings.